The number of fused-ring (bicyclic) bond motifs is 2. The summed E-state index contributed by atoms with van der Waals surface area (Å²) in [6.07, 6.45) is 0.176. The van der Waals surface area contributed by atoms with Gasteiger partial charge >= 0.3 is 0 Å². The van der Waals surface area contributed by atoms with Crippen LogP contribution in [-0.4, -0.2) is 46.5 Å². The predicted octanol–water partition coefficient (Wildman–Crippen LogP) is 4.65. The average molecular weight is 523 g/mol. The molecule has 1 unspecified atom stereocenters. The number of thioether (sulfide) groups is 1. The van der Waals surface area contributed by atoms with Crippen LogP contribution in [0.5, 0.6) is 28.7 Å². The summed E-state index contributed by atoms with van der Waals surface area (Å²) in [6, 6.07) is 16.5. The zero-order chi connectivity index (χ0) is 25.9. The van der Waals surface area contributed by atoms with E-state index in [0.717, 1.165) is 10.5 Å². The number of hydrogen-bond donors (Lipinski definition) is 1. The fourth-order valence-electron chi connectivity index (χ4n) is 4.34. The van der Waals surface area contributed by atoms with E-state index >= 15 is 0 Å². The Morgan fingerprint density at radius 2 is 1.73 bits per heavy atom. The molecule has 2 heterocycles. The number of ether oxygens (including phenoxy) is 5. The molecule has 0 saturated heterocycles. The number of hydrogen-bond acceptors (Lipinski definition) is 8. The number of para-hydroxylation sites is 1. The fraction of sp³-hybridized carbons (Fsp3) is 0.259. The van der Waals surface area contributed by atoms with Crippen LogP contribution in [0.4, 0.5) is 11.4 Å². The monoisotopic (exact) mass is 522 g/mol. The third-order valence-corrected chi connectivity index (χ3v) is 7.43. The van der Waals surface area contributed by atoms with Gasteiger partial charge in [0.15, 0.2) is 23.0 Å². The number of nitrogens with one attached hydrogen (secondary N) is 1. The molecule has 1 atom stereocenters. The highest BCUT2D eigenvalue weighted by Gasteiger charge is 2.31. The smallest absolute Gasteiger partial charge is 0.244 e. The van der Waals surface area contributed by atoms with Gasteiger partial charge in [-0.2, -0.15) is 0 Å². The van der Waals surface area contributed by atoms with Crippen molar-refractivity contribution in [2.45, 2.75) is 16.6 Å². The van der Waals surface area contributed by atoms with Gasteiger partial charge < -0.3 is 33.9 Å². The molecule has 37 heavy (non-hydrogen) atoms. The van der Waals surface area contributed by atoms with Crippen molar-refractivity contribution in [2.75, 3.05) is 44.9 Å². The largest absolute Gasteiger partial charge is 0.493 e. The summed E-state index contributed by atoms with van der Waals surface area (Å²) < 4.78 is 27.2. The first-order chi connectivity index (χ1) is 18.0. The maximum Gasteiger partial charge on any atom is 0.244 e. The van der Waals surface area contributed by atoms with Gasteiger partial charge in [-0.25, -0.2) is 0 Å². The molecule has 0 bridgehead atoms. The summed E-state index contributed by atoms with van der Waals surface area (Å²) >= 11 is 1.56. The number of rotatable bonds is 7. The number of carbonyl (C=O) groups is 2. The molecule has 2 amide bonds. The molecule has 5 rings (SSSR count). The van der Waals surface area contributed by atoms with E-state index in [4.69, 9.17) is 23.7 Å². The number of amides is 2. The summed E-state index contributed by atoms with van der Waals surface area (Å²) in [6.45, 7) is 0.0173. The number of anilines is 2. The SMILES string of the molecule is COc1cc(C2CC(=O)N(CC(=O)Nc3ccc4c(c3)OCO4)c3ccccc3S2)cc(OC)c1OC. The highest BCUT2D eigenvalue weighted by molar-refractivity contribution is 7.99. The van der Waals surface area contributed by atoms with E-state index in [1.165, 1.54) is 4.90 Å². The summed E-state index contributed by atoms with van der Waals surface area (Å²) in [4.78, 5) is 29.0. The van der Waals surface area contributed by atoms with Crippen LogP contribution in [-0.2, 0) is 9.59 Å². The van der Waals surface area contributed by atoms with Crippen molar-refractivity contribution in [3.8, 4) is 28.7 Å². The molecule has 2 aliphatic heterocycles. The van der Waals surface area contributed by atoms with Crippen LogP contribution in [0.1, 0.15) is 17.2 Å². The maximum absolute atomic E-state index is 13.5. The van der Waals surface area contributed by atoms with Gasteiger partial charge in [-0.1, -0.05) is 12.1 Å². The Morgan fingerprint density at radius 1 is 1.00 bits per heavy atom. The van der Waals surface area contributed by atoms with E-state index in [1.807, 2.05) is 36.4 Å². The zero-order valence-electron chi connectivity index (χ0n) is 20.6. The third-order valence-electron chi connectivity index (χ3n) is 6.10. The van der Waals surface area contributed by atoms with Crippen molar-refractivity contribution in [1.82, 2.24) is 0 Å². The first-order valence-electron chi connectivity index (χ1n) is 11.6. The number of nitrogens with zero attached hydrogens (tertiary/aromatic N) is 1. The Hall–Kier alpha value is -4.05. The van der Waals surface area contributed by atoms with E-state index in [2.05, 4.69) is 5.32 Å². The molecule has 0 aliphatic carbocycles. The third kappa shape index (κ3) is 4.97. The molecule has 3 aromatic carbocycles. The minimum atomic E-state index is -0.321. The van der Waals surface area contributed by atoms with Crippen molar-refractivity contribution in [1.29, 1.82) is 0 Å². The van der Waals surface area contributed by atoms with Crippen LogP contribution in [0, 0.1) is 0 Å². The lowest BCUT2D eigenvalue weighted by atomic mass is 10.1. The van der Waals surface area contributed by atoms with E-state index in [9.17, 15) is 9.59 Å². The van der Waals surface area contributed by atoms with Gasteiger partial charge in [0, 0.05) is 28.3 Å². The summed E-state index contributed by atoms with van der Waals surface area (Å²) in [5, 5.41) is 2.62. The van der Waals surface area contributed by atoms with E-state index < -0.39 is 0 Å². The van der Waals surface area contributed by atoms with Crippen LogP contribution in [0.2, 0.25) is 0 Å². The normalized spacial score (nSPS) is 16.0. The quantitative estimate of drug-likeness (QED) is 0.479. The molecule has 0 aromatic heterocycles. The molecular formula is C27H26N2O7S. The minimum Gasteiger partial charge on any atom is -0.493 e. The molecule has 3 aromatic rings. The Bertz CT molecular complexity index is 1320. The zero-order valence-corrected chi connectivity index (χ0v) is 21.4. The van der Waals surface area contributed by atoms with Crippen molar-refractivity contribution in [2.24, 2.45) is 0 Å². The first kappa shape index (κ1) is 24.6. The van der Waals surface area contributed by atoms with Gasteiger partial charge in [-0.3, -0.25) is 9.59 Å². The number of benzene rings is 3. The minimum absolute atomic E-state index is 0.132. The van der Waals surface area contributed by atoms with E-state index in [1.54, 1.807) is 51.3 Å². The Kier molecular flexibility index (Phi) is 7.00. The molecule has 192 valence electrons. The molecule has 2 aliphatic rings. The van der Waals surface area contributed by atoms with Crippen LogP contribution in [0.15, 0.2) is 59.5 Å². The van der Waals surface area contributed by atoms with Crippen LogP contribution >= 0.6 is 11.8 Å². The maximum atomic E-state index is 13.5. The van der Waals surface area contributed by atoms with Gasteiger partial charge in [-0.15, -0.1) is 11.8 Å². The summed E-state index contributed by atoms with van der Waals surface area (Å²) in [5.74, 6) is 2.23. The van der Waals surface area contributed by atoms with Gasteiger partial charge in [-0.05, 0) is 42.0 Å². The second kappa shape index (κ2) is 10.5. The lowest BCUT2D eigenvalue weighted by Gasteiger charge is -2.22. The highest BCUT2D eigenvalue weighted by atomic mass is 32.2. The van der Waals surface area contributed by atoms with Crippen molar-refractivity contribution >= 4 is 35.0 Å². The molecule has 0 saturated carbocycles. The van der Waals surface area contributed by atoms with Crippen LogP contribution < -0.4 is 33.9 Å². The molecule has 0 radical (unpaired) electrons. The molecule has 0 fully saturated rings. The molecule has 1 N–H and O–H groups in total. The summed E-state index contributed by atoms with van der Waals surface area (Å²) in [5.41, 5.74) is 2.11. The van der Waals surface area contributed by atoms with Gasteiger partial charge in [0.25, 0.3) is 0 Å². The van der Waals surface area contributed by atoms with Gasteiger partial charge in [0.1, 0.15) is 6.54 Å². The van der Waals surface area contributed by atoms with Gasteiger partial charge in [0.2, 0.25) is 24.4 Å². The van der Waals surface area contributed by atoms with E-state index in [0.29, 0.717) is 40.1 Å². The Morgan fingerprint density at radius 3 is 2.46 bits per heavy atom. The standard InChI is InChI=1S/C27H26N2O7S/c1-32-21-10-16(11-22(33-2)27(21)34-3)24-13-26(31)29(18-6-4-5-7-23(18)37-24)14-25(30)28-17-8-9-19-20(12-17)36-15-35-19/h4-12,24H,13-15H2,1-3H3,(H,28,30). The molecule has 9 nitrogen and oxygen atoms in total. The molecule has 0 spiro atoms. The Labute approximate surface area is 218 Å². The Balaban J connectivity index is 1.40. The number of carbonyl (C=O) groups excluding carboxylic acids is 2. The second-order valence-electron chi connectivity index (χ2n) is 8.33. The summed E-state index contributed by atoms with van der Waals surface area (Å²) in [7, 11) is 4.66. The van der Waals surface area contributed by atoms with Crippen LogP contribution in [0.3, 0.4) is 0 Å². The predicted molar refractivity (Wildman–Crippen MR) is 139 cm³/mol. The average Bonchev–Trinajstić information content (AvgIpc) is 3.33. The van der Waals surface area contributed by atoms with Crippen molar-refractivity contribution in [3.05, 3.63) is 60.2 Å². The number of methoxy groups -OCH3 is 3. The van der Waals surface area contributed by atoms with E-state index in [-0.39, 0.29) is 36.8 Å². The van der Waals surface area contributed by atoms with Crippen molar-refractivity contribution in [3.63, 3.8) is 0 Å². The lowest BCUT2D eigenvalue weighted by Crippen LogP contribution is -2.38. The molecular weight excluding hydrogens is 496 g/mol. The van der Waals surface area contributed by atoms with Crippen molar-refractivity contribution < 1.29 is 33.3 Å². The van der Waals surface area contributed by atoms with Gasteiger partial charge in [0.05, 0.1) is 27.0 Å². The topological polar surface area (TPSA) is 95.6 Å². The fourth-order valence-corrected chi connectivity index (χ4v) is 5.60. The van der Waals surface area contributed by atoms with Crippen LogP contribution in [0.25, 0.3) is 0 Å². The first-order valence-corrected chi connectivity index (χ1v) is 12.4. The molecule has 10 heteroatoms. The second-order valence-corrected chi connectivity index (χ2v) is 9.58. The lowest BCUT2D eigenvalue weighted by molar-refractivity contribution is -0.121. The highest BCUT2D eigenvalue weighted by Crippen LogP contribution is 2.49.